The largest absolute Gasteiger partial charge is 0.480 e. The molecule has 6 heteroatoms. The maximum absolute atomic E-state index is 12.4. The van der Waals surface area contributed by atoms with Crippen LogP contribution in [0, 0.1) is 0 Å². The number of halogens is 1. The molecule has 21 heavy (non-hydrogen) atoms. The molecule has 0 radical (unpaired) electrons. The third-order valence-electron chi connectivity index (χ3n) is 3.93. The first-order chi connectivity index (χ1) is 9.58. The molecule has 0 aromatic carbocycles. The normalized spacial score (nSPS) is 15.6. The number of rotatable bonds is 8. The van der Waals surface area contributed by atoms with Gasteiger partial charge in [0.15, 0.2) is 0 Å². The van der Waals surface area contributed by atoms with Crippen molar-refractivity contribution in [1.29, 1.82) is 0 Å². The van der Waals surface area contributed by atoms with Crippen molar-refractivity contribution in [3.05, 3.63) is 0 Å². The average Bonchev–Trinajstić information content (AvgIpc) is 2.40. The van der Waals surface area contributed by atoms with E-state index < -0.39 is 5.97 Å². The molecule has 124 valence electrons. The lowest BCUT2D eigenvalue weighted by Crippen LogP contribution is -2.47. The predicted octanol–water partition coefficient (Wildman–Crippen LogP) is 2.39. The van der Waals surface area contributed by atoms with E-state index in [4.69, 9.17) is 5.11 Å². The molecule has 0 aromatic heterocycles. The smallest absolute Gasteiger partial charge is 0.317 e. The Bertz CT molecular complexity index is 320. The second-order valence-corrected chi connectivity index (χ2v) is 5.58. The van der Waals surface area contributed by atoms with E-state index >= 15 is 0 Å². The summed E-state index contributed by atoms with van der Waals surface area (Å²) < 4.78 is 0. The molecule has 0 aromatic rings. The molecule has 0 aliphatic heterocycles. The molecule has 5 nitrogen and oxygen atoms in total. The van der Waals surface area contributed by atoms with Crippen molar-refractivity contribution in [2.45, 2.75) is 58.4 Å². The third kappa shape index (κ3) is 7.14. The monoisotopic (exact) mass is 320 g/mol. The van der Waals surface area contributed by atoms with Gasteiger partial charge in [0.05, 0.1) is 13.1 Å². The highest BCUT2D eigenvalue weighted by atomic mass is 35.5. The zero-order valence-electron chi connectivity index (χ0n) is 13.2. The van der Waals surface area contributed by atoms with Crippen LogP contribution in [0.4, 0.5) is 0 Å². The molecule has 0 heterocycles. The van der Waals surface area contributed by atoms with Crippen LogP contribution >= 0.6 is 12.4 Å². The molecule has 0 bridgehead atoms. The predicted molar refractivity (Wildman–Crippen MR) is 85.9 cm³/mol. The van der Waals surface area contributed by atoms with Gasteiger partial charge in [0.2, 0.25) is 5.91 Å². The fraction of sp³-hybridized carbons (Fsp3) is 0.867. The lowest BCUT2D eigenvalue weighted by molar-refractivity contribution is -0.140. The van der Waals surface area contributed by atoms with E-state index in [0.717, 1.165) is 25.8 Å². The highest BCUT2D eigenvalue weighted by molar-refractivity contribution is 5.85. The Morgan fingerprint density at radius 2 is 1.71 bits per heavy atom. The van der Waals surface area contributed by atoms with Crippen LogP contribution in [-0.4, -0.2) is 59.0 Å². The van der Waals surface area contributed by atoms with Gasteiger partial charge in [-0.3, -0.25) is 14.5 Å². The summed E-state index contributed by atoms with van der Waals surface area (Å²) in [5.41, 5.74) is 0. The van der Waals surface area contributed by atoms with E-state index in [1.54, 1.807) is 4.90 Å². The van der Waals surface area contributed by atoms with Crippen molar-refractivity contribution < 1.29 is 14.7 Å². The van der Waals surface area contributed by atoms with Crippen molar-refractivity contribution in [2.75, 3.05) is 26.2 Å². The van der Waals surface area contributed by atoms with Crippen LogP contribution in [0.5, 0.6) is 0 Å². The van der Waals surface area contributed by atoms with Gasteiger partial charge in [0.25, 0.3) is 0 Å². The summed E-state index contributed by atoms with van der Waals surface area (Å²) in [6.45, 7) is 5.55. The van der Waals surface area contributed by atoms with Gasteiger partial charge in [-0.2, -0.15) is 0 Å². The highest BCUT2D eigenvalue weighted by Crippen LogP contribution is 2.22. The number of hydrogen-bond donors (Lipinski definition) is 1. The quantitative estimate of drug-likeness (QED) is 0.746. The Hall–Kier alpha value is -0.810. The molecule has 1 fully saturated rings. The fourth-order valence-corrected chi connectivity index (χ4v) is 3.03. The number of carboxylic acid groups (broad SMARTS) is 1. The molecule has 0 saturated heterocycles. The number of carbonyl (C=O) groups excluding carboxylic acids is 1. The topological polar surface area (TPSA) is 60.9 Å². The van der Waals surface area contributed by atoms with Gasteiger partial charge < -0.3 is 10.0 Å². The Morgan fingerprint density at radius 3 is 2.19 bits per heavy atom. The Kier molecular flexibility index (Phi) is 10.4. The Labute approximate surface area is 134 Å². The van der Waals surface area contributed by atoms with Crippen LogP contribution in [0.3, 0.4) is 0 Å². The fourth-order valence-electron chi connectivity index (χ4n) is 3.03. The number of likely N-dealkylation sites (N-methyl/N-ethyl adjacent to an activating group) is 1. The van der Waals surface area contributed by atoms with E-state index in [1.807, 2.05) is 18.7 Å². The van der Waals surface area contributed by atoms with Crippen molar-refractivity contribution in [3.63, 3.8) is 0 Å². The number of carboxylic acids is 1. The molecule has 0 unspecified atom stereocenters. The average molecular weight is 321 g/mol. The second-order valence-electron chi connectivity index (χ2n) is 5.58. The second kappa shape index (κ2) is 10.9. The Balaban J connectivity index is 0.00000400. The molecular weight excluding hydrogens is 292 g/mol. The van der Waals surface area contributed by atoms with Crippen molar-refractivity contribution in [1.82, 2.24) is 9.80 Å². The maximum atomic E-state index is 12.4. The van der Waals surface area contributed by atoms with Crippen LogP contribution in [0.15, 0.2) is 0 Å². The summed E-state index contributed by atoms with van der Waals surface area (Å²) in [5.74, 6) is -0.791. The molecule has 0 atom stereocenters. The summed E-state index contributed by atoms with van der Waals surface area (Å²) in [4.78, 5) is 27.0. The molecular formula is C15H29ClN2O3. The minimum absolute atomic E-state index is 0. The molecule has 1 aliphatic carbocycles. The summed E-state index contributed by atoms with van der Waals surface area (Å²) in [6, 6.07) is 0.356. The molecule has 1 N–H and O–H groups in total. The molecule has 0 spiro atoms. The summed E-state index contributed by atoms with van der Waals surface area (Å²) in [5, 5.41) is 8.90. The first-order valence-electron chi connectivity index (χ1n) is 7.82. The zero-order chi connectivity index (χ0) is 15.0. The summed E-state index contributed by atoms with van der Waals surface area (Å²) in [6.07, 6.45) is 6.70. The van der Waals surface area contributed by atoms with Crippen LogP contribution in [-0.2, 0) is 9.59 Å². The number of nitrogens with zero attached hydrogens (tertiary/aromatic N) is 2. The van der Waals surface area contributed by atoms with Gasteiger partial charge in [-0.25, -0.2) is 0 Å². The van der Waals surface area contributed by atoms with Crippen LogP contribution in [0.2, 0.25) is 0 Å². The minimum Gasteiger partial charge on any atom is -0.480 e. The van der Waals surface area contributed by atoms with E-state index in [-0.39, 0.29) is 31.4 Å². The lowest BCUT2D eigenvalue weighted by Gasteiger charge is -2.35. The lowest BCUT2D eigenvalue weighted by atomic mass is 9.94. The minimum atomic E-state index is -0.869. The summed E-state index contributed by atoms with van der Waals surface area (Å²) >= 11 is 0. The zero-order valence-corrected chi connectivity index (χ0v) is 14.0. The van der Waals surface area contributed by atoms with Crippen molar-refractivity contribution in [3.8, 4) is 0 Å². The number of hydrogen-bond acceptors (Lipinski definition) is 3. The third-order valence-corrected chi connectivity index (χ3v) is 3.93. The highest BCUT2D eigenvalue weighted by Gasteiger charge is 2.25. The van der Waals surface area contributed by atoms with Gasteiger partial charge in [-0.1, -0.05) is 26.2 Å². The van der Waals surface area contributed by atoms with Crippen LogP contribution < -0.4 is 0 Å². The molecule has 1 amide bonds. The number of aliphatic carboxylic acids is 1. The van der Waals surface area contributed by atoms with E-state index in [1.165, 1.54) is 19.3 Å². The number of carbonyl (C=O) groups is 2. The number of amides is 1. The molecule has 1 rings (SSSR count). The van der Waals surface area contributed by atoms with Gasteiger partial charge in [-0.05, 0) is 32.7 Å². The van der Waals surface area contributed by atoms with Gasteiger partial charge in [0.1, 0.15) is 0 Å². The first kappa shape index (κ1) is 20.2. The maximum Gasteiger partial charge on any atom is 0.317 e. The SMILES string of the molecule is CCCN(CC(=O)O)CC(=O)N(CC)C1CCCCC1.Cl. The van der Waals surface area contributed by atoms with E-state index in [2.05, 4.69) is 0 Å². The van der Waals surface area contributed by atoms with Crippen LogP contribution in [0.1, 0.15) is 52.4 Å². The van der Waals surface area contributed by atoms with Crippen molar-refractivity contribution in [2.24, 2.45) is 0 Å². The molecule has 1 saturated carbocycles. The van der Waals surface area contributed by atoms with Gasteiger partial charge >= 0.3 is 5.97 Å². The Morgan fingerprint density at radius 1 is 1.10 bits per heavy atom. The van der Waals surface area contributed by atoms with Crippen LogP contribution in [0.25, 0.3) is 0 Å². The molecule has 1 aliphatic rings. The van der Waals surface area contributed by atoms with Gasteiger partial charge in [0, 0.05) is 12.6 Å². The van der Waals surface area contributed by atoms with Crippen molar-refractivity contribution >= 4 is 24.3 Å². The standard InChI is InChI=1S/C15H28N2O3.ClH/c1-3-10-16(12-15(19)20)11-14(18)17(4-2)13-8-6-5-7-9-13;/h13H,3-12H2,1-2H3,(H,19,20);1H. The van der Waals surface area contributed by atoms with E-state index in [9.17, 15) is 9.59 Å². The van der Waals surface area contributed by atoms with Gasteiger partial charge in [-0.15, -0.1) is 12.4 Å². The first-order valence-corrected chi connectivity index (χ1v) is 7.82. The van der Waals surface area contributed by atoms with E-state index in [0.29, 0.717) is 12.6 Å². The summed E-state index contributed by atoms with van der Waals surface area (Å²) in [7, 11) is 0.